The average Bonchev–Trinajstić information content (AvgIpc) is 3.35. The number of anilines is 1. The average molecular weight is 565 g/mol. The number of rotatable bonds is 4. The number of methoxy groups -OCH3 is 1. The molecule has 2 bridgehead atoms. The second kappa shape index (κ2) is 12.1. The van der Waals surface area contributed by atoms with Gasteiger partial charge in [-0.05, 0) is 75.6 Å². The molecule has 0 radical (unpaired) electrons. The molecule has 1 aliphatic rings. The monoisotopic (exact) mass is 564 g/mol. The van der Waals surface area contributed by atoms with E-state index in [9.17, 15) is 0 Å². The van der Waals surface area contributed by atoms with Crippen molar-refractivity contribution in [1.29, 1.82) is 0 Å². The van der Waals surface area contributed by atoms with Crippen molar-refractivity contribution in [3.05, 3.63) is 83.8 Å². The lowest BCUT2D eigenvalue weighted by atomic mass is 10.1. The summed E-state index contributed by atoms with van der Waals surface area (Å²) in [5.41, 5.74) is 7.54. The third-order valence-electron chi connectivity index (χ3n) is 7.44. The fraction of sp³-hybridized carbons (Fsp3) is 0.333. The van der Waals surface area contributed by atoms with E-state index < -0.39 is 0 Å². The standard InChI is InChI=1S/C33H36N6O3/c1-22(2)39-31-29-19-28(36-30(31)23(3)37-39)27-10-8-16-35-33(27)42-18-6-5-17-41-32-25(9-7-15-34-32)21-38(29)20-24-11-13-26(40-4)14-12-24/h7-16,19,22H,5-6,17-18,20-21H2,1-4H3. The van der Waals surface area contributed by atoms with Crippen molar-refractivity contribution in [3.8, 4) is 28.8 Å². The van der Waals surface area contributed by atoms with E-state index in [2.05, 4.69) is 57.7 Å². The molecule has 0 aliphatic carbocycles. The molecule has 5 aromatic rings. The zero-order valence-electron chi connectivity index (χ0n) is 24.6. The van der Waals surface area contributed by atoms with Crippen LogP contribution in [-0.4, -0.2) is 45.1 Å². The van der Waals surface area contributed by atoms with Crippen LogP contribution in [0.4, 0.5) is 5.69 Å². The number of nitrogens with zero attached hydrogens (tertiary/aromatic N) is 6. The van der Waals surface area contributed by atoms with Crippen LogP contribution in [0.3, 0.4) is 0 Å². The largest absolute Gasteiger partial charge is 0.497 e. The van der Waals surface area contributed by atoms with Gasteiger partial charge in [-0.2, -0.15) is 5.10 Å². The summed E-state index contributed by atoms with van der Waals surface area (Å²) in [5, 5.41) is 4.95. The SMILES string of the molecule is COc1ccc(CN2Cc3cccnc3OCCCCOc3ncccc3-c3cc2c2c(n3)c(C)nn2C(C)C)cc1. The van der Waals surface area contributed by atoms with Gasteiger partial charge in [-0.3, -0.25) is 4.68 Å². The lowest BCUT2D eigenvalue weighted by Gasteiger charge is -2.28. The normalized spacial score (nSPS) is 13.9. The zero-order valence-corrected chi connectivity index (χ0v) is 24.6. The Hall–Kier alpha value is -4.66. The molecule has 0 atom stereocenters. The molecule has 0 N–H and O–H groups in total. The lowest BCUT2D eigenvalue weighted by molar-refractivity contribution is 0.255. The van der Waals surface area contributed by atoms with E-state index in [1.807, 2.05) is 37.3 Å². The highest BCUT2D eigenvalue weighted by Crippen LogP contribution is 2.38. The topological polar surface area (TPSA) is 87.4 Å². The minimum Gasteiger partial charge on any atom is -0.497 e. The van der Waals surface area contributed by atoms with Gasteiger partial charge in [0.15, 0.2) is 0 Å². The molecular formula is C33H36N6O3. The number of pyridine rings is 3. The van der Waals surface area contributed by atoms with Crippen LogP contribution in [0.25, 0.3) is 22.3 Å². The fourth-order valence-corrected chi connectivity index (χ4v) is 5.31. The van der Waals surface area contributed by atoms with Gasteiger partial charge < -0.3 is 19.1 Å². The molecule has 5 heterocycles. The summed E-state index contributed by atoms with van der Waals surface area (Å²) in [6.45, 7) is 8.61. The van der Waals surface area contributed by atoms with Gasteiger partial charge in [-0.1, -0.05) is 18.2 Å². The highest BCUT2D eigenvalue weighted by molar-refractivity contribution is 5.93. The van der Waals surface area contributed by atoms with Crippen LogP contribution in [0.15, 0.2) is 67.0 Å². The molecule has 216 valence electrons. The number of ether oxygens (including phenoxy) is 3. The minimum absolute atomic E-state index is 0.138. The number of aromatic nitrogens is 5. The van der Waals surface area contributed by atoms with Crippen LogP contribution in [0, 0.1) is 6.92 Å². The Labute approximate surface area is 246 Å². The predicted octanol–water partition coefficient (Wildman–Crippen LogP) is 6.54. The molecule has 9 nitrogen and oxygen atoms in total. The van der Waals surface area contributed by atoms with Crippen molar-refractivity contribution >= 4 is 16.7 Å². The van der Waals surface area contributed by atoms with Gasteiger partial charge in [-0.25, -0.2) is 15.0 Å². The summed E-state index contributed by atoms with van der Waals surface area (Å²) >= 11 is 0. The number of aryl methyl sites for hydroxylation is 1. The van der Waals surface area contributed by atoms with Crippen molar-refractivity contribution in [2.75, 3.05) is 25.2 Å². The van der Waals surface area contributed by atoms with Crippen LogP contribution < -0.4 is 19.1 Å². The Morgan fingerprint density at radius 3 is 2.38 bits per heavy atom. The van der Waals surface area contributed by atoms with Crippen LogP contribution in [0.2, 0.25) is 0 Å². The highest BCUT2D eigenvalue weighted by Gasteiger charge is 2.24. The maximum absolute atomic E-state index is 6.22. The molecule has 0 unspecified atom stereocenters. The van der Waals surface area contributed by atoms with Crippen molar-refractivity contribution in [1.82, 2.24) is 24.7 Å². The molecule has 0 amide bonds. The maximum Gasteiger partial charge on any atom is 0.222 e. The molecular weight excluding hydrogens is 528 g/mol. The molecule has 42 heavy (non-hydrogen) atoms. The van der Waals surface area contributed by atoms with Gasteiger partial charge in [0.2, 0.25) is 11.8 Å². The van der Waals surface area contributed by atoms with Crippen molar-refractivity contribution in [3.63, 3.8) is 0 Å². The summed E-state index contributed by atoms with van der Waals surface area (Å²) in [7, 11) is 1.68. The first-order chi connectivity index (χ1) is 20.5. The number of hydrogen-bond donors (Lipinski definition) is 0. The third-order valence-corrected chi connectivity index (χ3v) is 7.44. The third kappa shape index (κ3) is 5.59. The summed E-state index contributed by atoms with van der Waals surface area (Å²) < 4.78 is 19.9. The van der Waals surface area contributed by atoms with Crippen molar-refractivity contribution in [2.24, 2.45) is 0 Å². The summed E-state index contributed by atoms with van der Waals surface area (Å²) in [6, 6.07) is 18.5. The van der Waals surface area contributed by atoms with Gasteiger partial charge in [0, 0.05) is 37.1 Å². The first-order valence-corrected chi connectivity index (χ1v) is 14.4. The summed E-state index contributed by atoms with van der Waals surface area (Å²) in [4.78, 5) is 16.7. The van der Waals surface area contributed by atoms with E-state index >= 15 is 0 Å². The highest BCUT2D eigenvalue weighted by atomic mass is 16.5. The van der Waals surface area contributed by atoms with Crippen molar-refractivity contribution < 1.29 is 14.2 Å². The van der Waals surface area contributed by atoms with Crippen LogP contribution >= 0.6 is 0 Å². The predicted molar refractivity (Wildman–Crippen MR) is 163 cm³/mol. The fourth-order valence-electron chi connectivity index (χ4n) is 5.31. The lowest BCUT2D eigenvalue weighted by Crippen LogP contribution is -2.24. The number of fused-ring (bicyclic) bond motifs is 7. The molecule has 0 fully saturated rings. The molecule has 0 saturated heterocycles. The number of hydrogen-bond acceptors (Lipinski definition) is 8. The van der Waals surface area contributed by atoms with Gasteiger partial charge in [-0.15, -0.1) is 0 Å². The Kier molecular flexibility index (Phi) is 7.90. The molecule has 0 spiro atoms. The van der Waals surface area contributed by atoms with Crippen LogP contribution in [0.5, 0.6) is 17.5 Å². The number of benzene rings is 1. The van der Waals surface area contributed by atoms with E-state index in [-0.39, 0.29) is 6.04 Å². The molecule has 1 aromatic carbocycles. The van der Waals surface area contributed by atoms with Gasteiger partial charge in [0.05, 0.1) is 43.0 Å². The van der Waals surface area contributed by atoms with Crippen molar-refractivity contribution in [2.45, 2.75) is 52.7 Å². The molecule has 4 aromatic heterocycles. The Bertz CT molecular complexity index is 1680. The van der Waals surface area contributed by atoms with Gasteiger partial charge in [0.25, 0.3) is 0 Å². The van der Waals surface area contributed by atoms with E-state index in [0.717, 1.165) is 63.4 Å². The van der Waals surface area contributed by atoms with Crippen LogP contribution in [-0.2, 0) is 13.1 Å². The molecule has 6 rings (SSSR count). The molecule has 0 saturated carbocycles. The molecule has 1 aliphatic heterocycles. The summed E-state index contributed by atoms with van der Waals surface area (Å²) in [5.74, 6) is 2.05. The zero-order chi connectivity index (χ0) is 29.1. The minimum atomic E-state index is 0.138. The second-order valence-electron chi connectivity index (χ2n) is 10.8. The van der Waals surface area contributed by atoms with E-state index in [4.69, 9.17) is 24.3 Å². The van der Waals surface area contributed by atoms with Crippen LogP contribution in [0.1, 0.15) is 49.6 Å². The van der Waals surface area contributed by atoms with E-state index in [1.165, 1.54) is 0 Å². The molecule has 9 heteroatoms. The second-order valence-corrected chi connectivity index (χ2v) is 10.8. The van der Waals surface area contributed by atoms with E-state index in [0.29, 0.717) is 38.1 Å². The smallest absolute Gasteiger partial charge is 0.222 e. The first kappa shape index (κ1) is 27.5. The Morgan fingerprint density at radius 2 is 1.64 bits per heavy atom. The van der Waals surface area contributed by atoms with E-state index in [1.54, 1.807) is 19.5 Å². The first-order valence-electron chi connectivity index (χ1n) is 14.4. The van der Waals surface area contributed by atoms with Gasteiger partial charge >= 0.3 is 0 Å². The quantitative estimate of drug-likeness (QED) is 0.243. The van der Waals surface area contributed by atoms with Gasteiger partial charge in [0.1, 0.15) is 16.8 Å². The summed E-state index contributed by atoms with van der Waals surface area (Å²) in [6.07, 6.45) is 5.22. The maximum atomic E-state index is 6.22. The Balaban J connectivity index is 1.60. The Morgan fingerprint density at radius 1 is 0.929 bits per heavy atom.